The number of amides is 1. The second kappa shape index (κ2) is 8.74. The highest BCUT2D eigenvalue weighted by Crippen LogP contribution is 2.37. The van der Waals surface area contributed by atoms with Gasteiger partial charge in [0.15, 0.2) is 6.54 Å². The fraction of sp³-hybridized carbons (Fsp3) is 0.350. The van der Waals surface area contributed by atoms with Crippen LogP contribution in [-0.4, -0.2) is 38.6 Å². The van der Waals surface area contributed by atoms with E-state index >= 15 is 0 Å². The van der Waals surface area contributed by atoms with Gasteiger partial charge in [0, 0.05) is 11.4 Å². The fourth-order valence-electron chi connectivity index (χ4n) is 3.37. The zero-order valence-corrected chi connectivity index (χ0v) is 16.1. The lowest BCUT2D eigenvalue weighted by Crippen LogP contribution is -3.15. The first-order chi connectivity index (χ1) is 14.4. The van der Waals surface area contributed by atoms with Gasteiger partial charge in [-0.05, 0) is 42.5 Å². The Kier molecular flexibility index (Phi) is 6.44. The third-order valence-electron chi connectivity index (χ3n) is 4.94. The first-order valence-corrected chi connectivity index (χ1v) is 9.35. The molecule has 2 aromatic rings. The number of carbonyl (C=O) groups excluding carboxylic acids is 1. The van der Waals surface area contributed by atoms with Crippen LogP contribution in [0.25, 0.3) is 0 Å². The Bertz CT molecular complexity index is 886. The van der Waals surface area contributed by atoms with Crippen molar-refractivity contribution in [3.8, 4) is 0 Å². The fourth-order valence-corrected chi connectivity index (χ4v) is 3.37. The van der Waals surface area contributed by atoms with Gasteiger partial charge >= 0.3 is 12.4 Å². The third kappa shape index (κ3) is 6.09. The van der Waals surface area contributed by atoms with Gasteiger partial charge in [-0.1, -0.05) is 0 Å². The lowest BCUT2D eigenvalue weighted by atomic mass is 10.1. The van der Waals surface area contributed by atoms with Crippen LogP contribution < -0.4 is 15.1 Å². The summed E-state index contributed by atoms with van der Waals surface area (Å²) in [6.07, 6.45) is -9.97. The molecule has 1 aliphatic heterocycles. The van der Waals surface area contributed by atoms with Crippen molar-refractivity contribution < 1.29 is 40.4 Å². The van der Waals surface area contributed by atoms with Crippen molar-refractivity contribution in [2.24, 2.45) is 0 Å². The lowest BCUT2D eigenvalue weighted by molar-refractivity contribution is -0.892. The second-order valence-electron chi connectivity index (χ2n) is 7.23. The van der Waals surface area contributed by atoms with E-state index < -0.39 is 35.1 Å². The molecule has 2 aromatic carbocycles. The largest absolute Gasteiger partial charge is 0.416 e. The summed E-state index contributed by atoms with van der Waals surface area (Å²) in [7, 11) is 0. The van der Waals surface area contributed by atoms with Crippen LogP contribution >= 0.6 is 0 Å². The minimum Gasteiger partial charge on any atom is -0.360 e. The summed E-state index contributed by atoms with van der Waals surface area (Å²) in [6.45, 7) is 2.09. The molecule has 1 amide bonds. The van der Waals surface area contributed by atoms with Gasteiger partial charge < -0.3 is 15.1 Å². The van der Waals surface area contributed by atoms with Gasteiger partial charge in [0.25, 0.3) is 5.91 Å². The molecule has 1 saturated heterocycles. The van der Waals surface area contributed by atoms with Crippen molar-refractivity contribution >= 4 is 17.3 Å². The van der Waals surface area contributed by atoms with E-state index in [0.29, 0.717) is 38.3 Å². The Morgan fingerprint density at radius 3 is 1.90 bits per heavy atom. The van der Waals surface area contributed by atoms with E-state index in [4.69, 9.17) is 0 Å². The molecule has 0 radical (unpaired) electrons. The number of halogens is 7. The van der Waals surface area contributed by atoms with E-state index in [9.17, 15) is 35.5 Å². The highest BCUT2D eigenvalue weighted by Gasteiger charge is 2.37. The topological polar surface area (TPSA) is 36.8 Å². The van der Waals surface area contributed by atoms with Crippen molar-refractivity contribution in [2.45, 2.75) is 12.4 Å². The predicted octanol–water partition coefficient (Wildman–Crippen LogP) is 3.21. The zero-order valence-electron chi connectivity index (χ0n) is 16.1. The maximum atomic E-state index is 13.0. The van der Waals surface area contributed by atoms with Crippen LogP contribution in [-0.2, 0) is 17.1 Å². The van der Waals surface area contributed by atoms with E-state index in [2.05, 4.69) is 5.32 Å². The summed E-state index contributed by atoms with van der Waals surface area (Å²) in [5.74, 6) is -1.04. The van der Waals surface area contributed by atoms with Gasteiger partial charge in [-0.25, -0.2) is 4.39 Å². The number of anilines is 2. The Labute approximate surface area is 173 Å². The van der Waals surface area contributed by atoms with Gasteiger partial charge in [-0.3, -0.25) is 4.79 Å². The molecule has 3 rings (SSSR count). The van der Waals surface area contributed by atoms with Crippen molar-refractivity contribution in [3.05, 3.63) is 59.4 Å². The van der Waals surface area contributed by atoms with Crippen LogP contribution in [0.3, 0.4) is 0 Å². The molecule has 0 atom stereocenters. The van der Waals surface area contributed by atoms with E-state index in [1.165, 1.54) is 12.1 Å². The molecular weight excluding hydrogens is 431 g/mol. The molecule has 11 heteroatoms. The summed E-state index contributed by atoms with van der Waals surface area (Å²) in [5, 5.41) is 2.15. The van der Waals surface area contributed by atoms with Crippen LogP contribution in [0.15, 0.2) is 42.5 Å². The average molecular weight is 450 g/mol. The van der Waals surface area contributed by atoms with Crippen LogP contribution in [0.5, 0.6) is 0 Å². The first kappa shape index (κ1) is 22.9. The number of nitrogens with one attached hydrogen (secondary N) is 2. The number of benzene rings is 2. The predicted molar refractivity (Wildman–Crippen MR) is 99.3 cm³/mol. The number of hydrogen-bond acceptors (Lipinski definition) is 2. The molecule has 0 aliphatic carbocycles. The molecule has 1 heterocycles. The standard InChI is InChI=1S/C20H18F7N3O/c21-15-1-3-17(4-2-15)30-7-5-29(6-8-30)12-18(31)28-16-10-13(19(22,23)24)9-14(11-16)20(25,26)27/h1-4,9-11H,5-8,12H2,(H,28,31)/p+1. The Balaban J connectivity index is 1.61. The molecule has 4 nitrogen and oxygen atoms in total. The normalized spacial score (nSPS) is 15.8. The Morgan fingerprint density at radius 2 is 1.42 bits per heavy atom. The van der Waals surface area contributed by atoms with Crippen molar-refractivity contribution in [1.29, 1.82) is 0 Å². The number of rotatable bonds is 4. The van der Waals surface area contributed by atoms with E-state index in [0.717, 1.165) is 10.6 Å². The Morgan fingerprint density at radius 1 is 0.903 bits per heavy atom. The molecule has 168 valence electrons. The van der Waals surface area contributed by atoms with Crippen molar-refractivity contribution in [2.75, 3.05) is 42.9 Å². The van der Waals surface area contributed by atoms with Gasteiger partial charge in [0.1, 0.15) is 5.82 Å². The summed E-state index contributed by atoms with van der Waals surface area (Å²) in [5.41, 5.74) is -2.71. The number of hydrogen-bond donors (Lipinski definition) is 2. The molecule has 0 spiro atoms. The monoisotopic (exact) mass is 450 g/mol. The van der Waals surface area contributed by atoms with Gasteiger partial charge in [-0.2, -0.15) is 26.3 Å². The molecular formula is C20H19F7N3O+. The maximum Gasteiger partial charge on any atom is 0.416 e. The van der Waals surface area contributed by atoms with Gasteiger partial charge in [0.05, 0.1) is 37.3 Å². The van der Waals surface area contributed by atoms with Crippen molar-refractivity contribution in [1.82, 2.24) is 0 Å². The third-order valence-corrected chi connectivity index (χ3v) is 4.94. The molecule has 0 aromatic heterocycles. The molecule has 1 aliphatic rings. The van der Waals surface area contributed by atoms with Crippen LogP contribution in [0.1, 0.15) is 11.1 Å². The highest BCUT2D eigenvalue weighted by molar-refractivity contribution is 5.91. The molecule has 0 unspecified atom stereocenters. The van der Waals surface area contributed by atoms with Gasteiger partial charge in [0.2, 0.25) is 0 Å². The number of alkyl halides is 6. The number of carbonyl (C=O) groups is 1. The molecule has 0 bridgehead atoms. The number of nitrogens with zero attached hydrogens (tertiary/aromatic N) is 1. The molecule has 1 fully saturated rings. The van der Waals surface area contributed by atoms with Crippen LogP contribution in [0.4, 0.5) is 42.1 Å². The summed E-state index contributed by atoms with van der Waals surface area (Å²) in [6, 6.07) is 6.93. The SMILES string of the molecule is O=C(C[NH+]1CCN(c2ccc(F)cc2)CC1)Nc1cc(C(F)(F)F)cc(C(F)(F)F)c1. The minimum atomic E-state index is -4.98. The highest BCUT2D eigenvalue weighted by atomic mass is 19.4. The van der Waals surface area contributed by atoms with Crippen LogP contribution in [0, 0.1) is 5.82 Å². The average Bonchev–Trinajstić information content (AvgIpc) is 2.67. The Hall–Kier alpha value is -2.82. The minimum absolute atomic E-state index is 0.00950. The first-order valence-electron chi connectivity index (χ1n) is 9.35. The summed E-state index contributed by atoms with van der Waals surface area (Å²) in [4.78, 5) is 15.1. The van der Waals surface area contributed by atoms with Gasteiger partial charge in [-0.15, -0.1) is 0 Å². The second-order valence-corrected chi connectivity index (χ2v) is 7.23. The van der Waals surface area contributed by atoms with E-state index in [1.54, 1.807) is 12.1 Å². The van der Waals surface area contributed by atoms with E-state index in [-0.39, 0.29) is 18.4 Å². The molecule has 31 heavy (non-hydrogen) atoms. The lowest BCUT2D eigenvalue weighted by Gasteiger charge is -2.33. The smallest absolute Gasteiger partial charge is 0.360 e. The summed E-state index contributed by atoms with van der Waals surface area (Å²) >= 11 is 0. The molecule has 2 N–H and O–H groups in total. The van der Waals surface area contributed by atoms with E-state index in [1.807, 2.05) is 4.90 Å². The quantitative estimate of drug-likeness (QED) is 0.703. The van der Waals surface area contributed by atoms with Crippen LogP contribution in [0.2, 0.25) is 0 Å². The number of piperazine rings is 1. The molecule has 0 saturated carbocycles. The number of quaternary nitrogens is 1. The maximum absolute atomic E-state index is 13.0. The van der Waals surface area contributed by atoms with Crippen molar-refractivity contribution in [3.63, 3.8) is 0 Å². The summed E-state index contributed by atoms with van der Waals surface area (Å²) < 4.78 is 90.6. The zero-order chi connectivity index (χ0) is 22.8.